The van der Waals surface area contributed by atoms with Crippen molar-refractivity contribution < 1.29 is 5.11 Å². The molecule has 0 aromatic rings. The maximum absolute atomic E-state index is 9.02. The highest BCUT2D eigenvalue weighted by molar-refractivity contribution is 4.75. The Kier molecular flexibility index (Phi) is 8.64. The van der Waals surface area contributed by atoms with E-state index in [0.717, 1.165) is 25.6 Å². The number of aliphatic hydroxyl groups is 1. The van der Waals surface area contributed by atoms with Gasteiger partial charge >= 0.3 is 0 Å². The molecule has 3 heteroatoms. The molecule has 1 heterocycles. The minimum atomic E-state index is 0.331. The van der Waals surface area contributed by atoms with Crippen molar-refractivity contribution in [3.8, 4) is 0 Å². The lowest BCUT2D eigenvalue weighted by Gasteiger charge is -2.32. The average molecular weight is 256 g/mol. The fraction of sp³-hybridized carbons (Fsp3) is 1.00. The van der Waals surface area contributed by atoms with Gasteiger partial charge in [-0.05, 0) is 64.7 Å². The van der Waals surface area contributed by atoms with Crippen LogP contribution in [0, 0.1) is 5.92 Å². The van der Waals surface area contributed by atoms with E-state index in [1.165, 1.54) is 45.1 Å². The van der Waals surface area contributed by atoms with Crippen LogP contribution >= 0.6 is 0 Å². The number of hydrogen-bond acceptors (Lipinski definition) is 3. The largest absolute Gasteiger partial charge is 0.396 e. The van der Waals surface area contributed by atoms with Gasteiger partial charge in [0.25, 0.3) is 0 Å². The third-order valence-corrected chi connectivity index (χ3v) is 4.24. The molecule has 108 valence electrons. The van der Waals surface area contributed by atoms with E-state index in [0.29, 0.717) is 12.5 Å². The molecule has 18 heavy (non-hydrogen) atoms. The highest BCUT2D eigenvalue weighted by Gasteiger charge is 2.18. The van der Waals surface area contributed by atoms with E-state index in [2.05, 4.69) is 24.2 Å². The molecule has 2 atom stereocenters. The molecule has 3 nitrogen and oxygen atoms in total. The molecule has 2 N–H and O–H groups in total. The zero-order chi connectivity index (χ0) is 13.2. The van der Waals surface area contributed by atoms with Crippen LogP contribution in [0.25, 0.3) is 0 Å². The number of nitrogens with zero attached hydrogens (tertiary/aromatic N) is 1. The van der Waals surface area contributed by atoms with E-state index in [9.17, 15) is 0 Å². The lowest BCUT2D eigenvalue weighted by molar-refractivity contribution is 0.174. The monoisotopic (exact) mass is 256 g/mol. The molecule has 1 fully saturated rings. The van der Waals surface area contributed by atoms with Crippen molar-refractivity contribution in [2.45, 2.75) is 57.9 Å². The van der Waals surface area contributed by atoms with E-state index in [-0.39, 0.29) is 0 Å². The summed E-state index contributed by atoms with van der Waals surface area (Å²) in [5, 5.41) is 12.6. The molecular formula is C15H32N2O. The van der Waals surface area contributed by atoms with Crippen molar-refractivity contribution in [3.05, 3.63) is 0 Å². The van der Waals surface area contributed by atoms with Gasteiger partial charge < -0.3 is 15.3 Å². The molecule has 0 bridgehead atoms. The maximum atomic E-state index is 9.02. The fourth-order valence-electron chi connectivity index (χ4n) is 3.02. The SMILES string of the molecule is CCCC(CCO)CNCCC1CCCCN1C. The molecule has 1 aliphatic heterocycles. The van der Waals surface area contributed by atoms with Crippen molar-refractivity contribution in [1.29, 1.82) is 0 Å². The van der Waals surface area contributed by atoms with Crippen LogP contribution < -0.4 is 5.32 Å². The highest BCUT2D eigenvalue weighted by Crippen LogP contribution is 2.17. The summed E-state index contributed by atoms with van der Waals surface area (Å²) in [6.45, 7) is 6.03. The second-order valence-corrected chi connectivity index (χ2v) is 5.79. The van der Waals surface area contributed by atoms with Crippen LogP contribution in [0.2, 0.25) is 0 Å². The number of piperidine rings is 1. The summed E-state index contributed by atoms with van der Waals surface area (Å²) < 4.78 is 0. The van der Waals surface area contributed by atoms with Crippen molar-refractivity contribution in [2.75, 3.05) is 33.3 Å². The topological polar surface area (TPSA) is 35.5 Å². The molecule has 0 saturated carbocycles. The summed E-state index contributed by atoms with van der Waals surface area (Å²) in [7, 11) is 2.26. The number of hydrogen-bond donors (Lipinski definition) is 2. The molecule has 0 aromatic heterocycles. The molecule has 0 amide bonds. The summed E-state index contributed by atoms with van der Waals surface area (Å²) in [6.07, 6.45) is 8.81. The number of rotatable bonds is 9. The molecule has 0 aromatic carbocycles. The summed E-state index contributed by atoms with van der Waals surface area (Å²) in [4.78, 5) is 2.52. The number of aliphatic hydroxyl groups excluding tert-OH is 1. The molecule has 1 saturated heterocycles. The quantitative estimate of drug-likeness (QED) is 0.621. The van der Waals surface area contributed by atoms with Crippen molar-refractivity contribution in [3.63, 3.8) is 0 Å². The van der Waals surface area contributed by atoms with Crippen LogP contribution in [-0.4, -0.2) is 49.3 Å². The lowest BCUT2D eigenvalue weighted by Crippen LogP contribution is -2.38. The van der Waals surface area contributed by atoms with Gasteiger partial charge in [-0.3, -0.25) is 0 Å². The Hall–Kier alpha value is -0.120. The predicted molar refractivity (Wildman–Crippen MR) is 77.9 cm³/mol. The summed E-state index contributed by atoms with van der Waals surface area (Å²) in [6, 6.07) is 0.786. The van der Waals surface area contributed by atoms with Gasteiger partial charge in [0, 0.05) is 12.6 Å². The highest BCUT2D eigenvalue weighted by atomic mass is 16.3. The first-order valence-electron chi connectivity index (χ1n) is 7.79. The second kappa shape index (κ2) is 9.76. The molecule has 0 aliphatic carbocycles. The van der Waals surface area contributed by atoms with Gasteiger partial charge in [-0.25, -0.2) is 0 Å². The first-order chi connectivity index (χ1) is 8.77. The molecule has 1 rings (SSSR count). The van der Waals surface area contributed by atoms with Crippen LogP contribution in [0.5, 0.6) is 0 Å². The van der Waals surface area contributed by atoms with E-state index < -0.39 is 0 Å². The minimum absolute atomic E-state index is 0.331. The Morgan fingerprint density at radius 2 is 2.17 bits per heavy atom. The van der Waals surface area contributed by atoms with Crippen LogP contribution in [0.4, 0.5) is 0 Å². The Balaban J connectivity index is 2.08. The normalized spacial score (nSPS) is 23.2. The van der Waals surface area contributed by atoms with Gasteiger partial charge in [0.15, 0.2) is 0 Å². The maximum Gasteiger partial charge on any atom is 0.0434 e. The average Bonchev–Trinajstić information content (AvgIpc) is 2.37. The fourth-order valence-corrected chi connectivity index (χ4v) is 3.02. The van der Waals surface area contributed by atoms with Crippen molar-refractivity contribution in [2.24, 2.45) is 5.92 Å². The zero-order valence-corrected chi connectivity index (χ0v) is 12.3. The smallest absolute Gasteiger partial charge is 0.0434 e. The summed E-state index contributed by atoms with van der Waals surface area (Å²) in [5.74, 6) is 0.657. The Morgan fingerprint density at radius 1 is 1.33 bits per heavy atom. The predicted octanol–water partition coefficient (Wildman–Crippen LogP) is 2.25. The Morgan fingerprint density at radius 3 is 2.83 bits per heavy atom. The lowest BCUT2D eigenvalue weighted by atomic mass is 9.99. The van der Waals surface area contributed by atoms with Gasteiger partial charge in [0.1, 0.15) is 0 Å². The number of likely N-dealkylation sites (tertiary alicyclic amines) is 1. The minimum Gasteiger partial charge on any atom is -0.396 e. The van der Waals surface area contributed by atoms with Crippen molar-refractivity contribution in [1.82, 2.24) is 10.2 Å². The van der Waals surface area contributed by atoms with Gasteiger partial charge in [0.05, 0.1) is 0 Å². The first kappa shape index (κ1) is 15.9. The van der Waals surface area contributed by atoms with Crippen LogP contribution in [0.1, 0.15) is 51.9 Å². The van der Waals surface area contributed by atoms with E-state index in [4.69, 9.17) is 5.11 Å². The van der Waals surface area contributed by atoms with E-state index >= 15 is 0 Å². The Bertz CT molecular complexity index is 193. The van der Waals surface area contributed by atoms with Crippen molar-refractivity contribution >= 4 is 0 Å². The van der Waals surface area contributed by atoms with E-state index in [1.54, 1.807) is 0 Å². The van der Waals surface area contributed by atoms with Crippen LogP contribution in [-0.2, 0) is 0 Å². The van der Waals surface area contributed by atoms with E-state index in [1.807, 2.05) is 0 Å². The molecular weight excluding hydrogens is 224 g/mol. The van der Waals surface area contributed by atoms with Crippen LogP contribution in [0.3, 0.4) is 0 Å². The molecule has 0 spiro atoms. The first-order valence-corrected chi connectivity index (χ1v) is 7.79. The number of nitrogens with one attached hydrogen (secondary N) is 1. The standard InChI is InChI=1S/C15H32N2O/c1-3-6-14(9-12-18)13-16-10-8-15-7-4-5-11-17(15)2/h14-16,18H,3-13H2,1-2H3. The molecule has 0 radical (unpaired) electrons. The summed E-state index contributed by atoms with van der Waals surface area (Å²) >= 11 is 0. The van der Waals surface area contributed by atoms with Gasteiger partial charge in [-0.2, -0.15) is 0 Å². The summed E-state index contributed by atoms with van der Waals surface area (Å²) in [5.41, 5.74) is 0. The molecule has 1 aliphatic rings. The third kappa shape index (κ3) is 6.17. The molecule has 2 unspecified atom stereocenters. The second-order valence-electron chi connectivity index (χ2n) is 5.79. The van der Waals surface area contributed by atoms with Gasteiger partial charge in [0.2, 0.25) is 0 Å². The zero-order valence-electron chi connectivity index (χ0n) is 12.3. The third-order valence-electron chi connectivity index (χ3n) is 4.24. The Labute approximate surface area is 113 Å². The van der Waals surface area contributed by atoms with Gasteiger partial charge in [-0.1, -0.05) is 19.8 Å². The van der Waals surface area contributed by atoms with Gasteiger partial charge in [-0.15, -0.1) is 0 Å². The van der Waals surface area contributed by atoms with Crippen LogP contribution in [0.15, 0.2) is 0 Å².